The normalized spacial score (nSPS) is 49.2. The first kappa shape index (κ1) is 17.8. The smallest absolute Gasteiger partial charge is 0.0317 e. The van der Waals surface area contributed by atoms with Crippen molar-refractivity contribution in [2.24, 2.45) is 47.3 Å². The van der Waals surface area contributed by atoms with Gasteiger partial charge in [-0.15, -0.1) is 0 Å². The molecule has 8 atom stereocenters. The van der Waals surface area contributed by atoms with E-state index in [2.05, 4.69) is 12.2 Å². The molecule has 0 saturated heterocycles. The average Bonchev–Trinajstić information content (AvgIpc) is 3.27. The second kappa shape index (κ2) is 8.00. The van der Waals surface area contributed by atoms with Gasteiger partial charge in [-0.1, -0.05) is 69.9 Å². The van der Waals surface area contributed by atoms with Crippen LogP contribution in [-0.2, 0) is 0 Å². The first-order valence-corrected chi connectivity index (χ1v) is 12.5. The van der Waals surface area contributed by atoms with Gasteiger partial charge in [0.1, 0.15) is 0 Å². The van der Waals surface area contributed by atoms with Crippen LogP contribution in [0, 0.1) is 47.3 Å². The number of rotatable bonds is 0. The van der Waals surface area contributed by atoms with Crippen LogP contribution in [0.2, 0.25) is 0 Å². The van der Waals surface area contributed by atoms with Crippen molar-refractivity contribution >= 4 is 0 Å². The first-order chi connectivity index (χ1) is 12.9. The highest BCUT2D eigenvalue weighted by molar-refractivity contribution is 5.03. The highest BCUT2D eigenvalue weighted by atomic mass is 14.5. The Bertz CT molecular complexity index is 468. The molecule has 0 amide bonds. The van der Waals surface area contributed by atoms with Gasteiger partial charge in [-0.3, -0.25) is 0 Å². The molecule has 0 radical (unpaired) electrons. The lowest BCUT2D eigenvalue weighted by atomic mass is 9.73. The predicted octanol–water partition coefficient (Wildman–Crippen LogP) is 7.78. The molecular weight excluding hydrogens is 312 g/mol. The summed E-state index contributed by atoms with van der Waals surface area (Å²) in [5.41, 5.74) is 0. The van der Waals surface area contributed by atoms with Gasteiger partial charge in [0.25, 0.3) is 0 Å². The lowest BCUT2D eigenvalue weighted by Crippen LogP contribution is -2.22. The van der Waals surface area contributed by atoms with Gasteiger partial charge in [0.2, 0.25) is 0 Å². The Morgan fingerprint density at radius 3 is 1.38 bits per heavy atom. The molecule has 0 spiro atoms. The zero-order valence-corrected chi connectivity index (χ0v) is 17.1. The van der Waals surface area contributed by atoms with E-state index >= 15 is 0 Å². The minimum absolute atomic E-state index is 1.08. The molecule has 0 aliphatic heterocycles. The van der Waals surface area contributed by atoms with Gasteiger partial charge in [0.15, 0.2) is 0 Å². The van der Waals surface area contributed by atoms with Crippen LogP contribution in [0.25, 0.3) is 0 Å². The Labute approximate surface area is 162 Å². The standard InChI is InChI=1S/C13H22.C13H20/c2*1-3-7-12-10(5-1)9-11-6-2-4-8-13(11)12/h10-13H,1-9H2;1,3,10-13H,2,4-9H2. The minimum Gasteiger partial charge on any atom is -0.0882 e. The van der Waals surface area contributed by atoms with E-state index in [9.17, 15) is 0 Å². The van der Waals surface area contributed by atoms with Crippen LogP contribution in [0.15, 0.2) is 12.2 Å². The summed E-state index contributed by atoms with van der Waals surface area (Å²) in [4.78, 5) is 0. The number of allylic oxidation sites excluding steroid dienone is 2. The third-order valence-electron chi connectivity index (χ3n) is 9.83. The molecule has 0 heterocycles. The molecule has 0 aromatic heterocycles. The zero-order chi connectivity index (χ0) is 17.3. The van der Waals surface area contributed by atoms with Gasteiger partial charge in [-0.05, 0) is 92.3 Å². The quantitative estimate of drug-likeness (QED) is 0.389. The molecule has 0 nitrogen and oxygen atoms in total. The van der Waals surface area contributed by atoms with Crippen LogP contribution in [-0.4, -0.2) is 0 Å². The van der Waals surface area contributed by atoms with Gasteiger partial charge in [-0.25, -0.2) is 0 Å². The molecule has 5 fully saturated rings. The van der Waals surface area contributed by atoms with E-state index in [1.54, 1.807) is 77.0 Å². The first-order valence-electron chi connectivity index (χ1n) is 12.5. The molecule has 0 aromatic rings. The summed E-state index contributed by atoms with van der Waals surface area (Å²) in [7, 11) is 0. The van der Waals surface area contributed by atoms with Gasteiger partial charge in [-0.2, -0.15) is 0 Å². The molecule has 146 valence electrons. The molecule has 26 heavy (non-hydrogen) atoms. The average molecular weight is 355 g/mol. The Balaban J connectivity index is 0.000000115. The van der Waals surface area contributed by atoms with E-state index in [4.69, 9.17) is 0 Å². The van der Waals surface area contributed by atoms with Crippen LogP contribution in [0.4, 0.5) is 0 Å². The third kappa shape index (κ3) is 3.44. The van der Waals surface area contributed by atoms with Crippen LogP contribution >= 0.6 is 0 Å². The molecular formula is C26H42. The van der Waals surface area contributed by atoms with Crippen LogP contribution in [0.5, 0.6) is 0 Å². The molecule has 6 rings (SSSR count). The van der Waals surface area contributed by atoms with Crippen molar-refractivity contribution in [3.63, 3.8) is 0 Å². The maximum absolute atomic E-state index is 2.44. The lowest BCUT2D eigenvalue weighted by Gasteiger charge is -2.32. The largest absolute Gasteiger partial charge is 0.0882 e. The summed E-state index contributed by atoms with van der Waals surface area (Å²) < 4.78 is 0. The fourth-order valence-corrected chi connectivity index (χ4v) is 8.74. The molecule has 8 unspecified atom stereocenters. The highest BCUT2D eigenvalue weighted by Crippen LogP contribution is 2.54. The van der Waals surface area contributed by atoms with Crippen molar-refractivity contribution in [3.05, 3.63) is 12.2 Å². The van der Waals surface area contributed by atoms with Crippen LogP contribution < -0.4 is 0 Å². The second-order valence-electron chi connectivity index (χ2n) is 11.0. The van der Waals surface area contributed by atoms with E-state index in [0.717, 1.165) is 23.7 Å². The van der Waals surface area contributed by atoms with Gasteiger partial charge < -0.3 is 0 Å². The Hall–Kier alpha value is -0.260. The zero-order valence-electron chi connectivity index (χ0n) is 17.1. The summed E-state index contributed by atoms with van der Waals surface area (Å²) in [6.07, 6.45) is 29.5. The highest BCUT2D eigenvalue weighted by Gasteiger charge is 2.44. The molecule has 6 aliphatic rings. The van der Waals surface area contributed by atoms with Crippen molar-refractivity contribution in [1.29, 1.82) is 0 Å². The molecule has 0 bridgehead atoms. The van der Waals surface area contributed by atoms with Crippen LogP contribution in [0.1, 0.15) is 103 Å². The molecule has 0 N–H and O–H groups in total. The maximum Gasteiger partial charge on any atom is -0.0317 e. The molecule has 6 aliphatic carbocycles. The topological polar surface area (TPSA) is 0 Å². The summed E-state index contributed by atoms with van der Waals surface area (Å²) in [6, 6.07) is 0. The Morgan fingerprint density at radius 1 is 0.385 bits per heavy atom. The van der Waals surface area contributed by atoms with E-state index in [-0.39, 0.29) is 0 Å². The van der Waals surface area contributed by atoms with Gasteiger partial charge in [0.05, 0.1) is 0 Å². The van der Waals surface area contributed by atoms with E-state index in [1.807, 2.05) is 0 Å². The van der Waals surface area contributed by atoms with E-state index in [1.165, 1.54) is 49.4 Å². The van der Waals surface area contributed by atoms with Crippen molar-refractivity contribution in [1.82, 2.24) is 0 Å². The minimum atomic E-state index is 1.08. The molecule has 5 saturated carbocycles. The number of hydrogen-bond acceptors (Lipinski definition) is 0. The monoisotopic (exact) mass is 354 g/mol. The van der Waals surface area contributed by atoms with Crippen molar-refractivity contribution in [3.8, 4) is 0 Å². The van der Waals surface area contributed by atoms with Crippen molar-refractivity contribution in [2.75, 3.05) is 0 Å². The summed E-state index contributed by atoms with van der Waals surface area (Å²) in [6.45, 7) is 0. The van der Waals surface area contributed by atoms with Gasteiger partial charge in [0, 0.05) is 0 Å². The van der Waals surface area contributed by atoms with Crippen molar-refractivity contribution in [2.45, 2.75) is 103 Å². The van der Waals surface area contributed by atoms with E-state index in [0.29, 0.717) is 0 Å². The maximum atomic E-state index is 2.44. The third-order valence-corrected chi connectivity index (χ3v) is 9.83. The SMILES string of the molecule is C1=CCC2C(C1)CC1CCCCC12.C1CCC2C(C1)CC1CCCCC12. The fourth-order valence-electron chi connectivity index (χ4n) is 8.74. The van der Waals surface area contributed by atoms with Crippen molar-refractivity contribution < 1.29 is 0 Å². The molecule has 0 heteroatoms. The van der Waals surface area contributed by atoms with Crippen LogP contribution in [0.3, 0.4) is 0 Å². The van der Waals surface area contributed by atoms with Gasteiger partial charge >= 0.3 is 0 Å². The second-order valence-corrected chi connectivity index (χ2v) is 11.0. The summed E-state index contributed by atoms with van der Waals surface area (Å²) >= 11 is 0. The Morgan fingerprint density at radius 2 is 0.808 bits per heavy atom. The Kier molecular flexibility index (Phi) is 5.48. The number of fused-ring (bicyclic) bond motifs is 6. The van der Waals surface area contributed by atoms with E-state index < -0.39 is 0 Å². The summed E-state index contributed by atoms with van der Waals surface area (Å²) in [5, 5.41) is 0. The predicted molar refractivity (Wildman–Crippen MR) is 111 cm³/mol. The lowest BCUT2D eigenvalue weighted by molar-refractivity contribution is 0.184. The number of hydrogen-bond donors (Lipinski definition) is 0. The summed E-state index contributed by atoms with van der Waals surface area (Å²) in [5.74, 6) is 9.13. The molecule has 0 aromatic carbocycles. The fraction of sp³-hybridized carbons (Fsp3) is 0.923.